The molecule has 1 heterocycles. The highest BCUT2D eigenvalue weighted by molar-refractivity contribution is 5.48. The van der Waals surface area contributed by atoms with Gasteiger partial charge in [-0.3, -0.25) is 4.68 Å². The topological polar surface area (TPSA) is 43.8 Å². The third-order valence-corrected chi connectivity index (χ3v) is 2.45. The first-order valence-corrected chi connectivity index (χ1v) is 5.29. The van der Waals surface area contributed by atoms with Gasteiger partial charge in [0.05, 0.1) is 23.5 Å². The highest BCUT2D eigenvalue weighted by Crippen LogP contribution is 2.23. The molecule has 1 rings (SSSR count). The van der Waals surface area contributed by atoms with E-state index in [2.05, 4.69) is 5.10 Å². The van der Waals surface area contributed by atoms with E-state index >= 15 is 0 Å². The molecule has 0 atom stereocenters. The maximum Gasteiger partial charge on any atom is 0.390 e. The van der Waals surface area contributed by atoms with Crippen LogP contribution in [-0.2, 0) is 19.4 Å². The van der Waals surface area contributed by atoms with Crippen molar-refractivity contribution < 1.29 is 13.2 Å². The Morgan fingerprint density at radius 1 is 1.25 bits per heavy atom. The number of rotatable bonds is 4. The molecule has 0 aliphatic rings. The van der Waals surface area contributed by atoms with Crippen LogP contribution in [0.4, 0.5) is 18.9 Å². The first kappa shape index (κ1) is 12.9. The number of anilines is 1. The van der Waals surface area contributed by atoms with Gasteiger partial charge in [0.15, 0.2) is 0 Å². The largest absolute Gasteiger partial charge is 0.396 e. The maximum absolute atomic E-state index is 12.1. The smallest absolute Gasteiger partial charge is 0.390 e. The lowest BCUT2D eigenvalue weighted by molar-refractivity contribution is -0.137. The molecule has 16 heavy (non-hydrogen) atoms. The van der Waals surface area contributed by atoms with Gasteiger partial charge in [-0.15, -0.1) is 0 Å². The Hall–Kier alpha value is -1.20. The average molecular weight is 235 g/mol. The van der Waals surface area contributed by atoms with Crippen molar-refractivity contribution in [1.82, 2.24) is 9.78 Å². The molecule has 0 aromatic carbocycles. The van der Waals surface area contributed by atoms with E-state index in [1.807, 2.05) is 13.8 Å². The number of halogens is 3. The number of hydrogen-bond acceptors (Lipinski definition) is 2. The number of alkyl halides is 3. The van der Waals surface area contributed by atoms with Crippen molar-refractivity contribution in [2.45, 2.75) is 45.8 Å². The summed E-state index contributed by atoms with van der Waals surface area (Å²) in [5.74, 6) is 0. The minimum absolute atomic E-state index is 0.156. The van der Waals surface area contributed by atoms with Gasteiger partial charge in [0.25, 0.3) is 0 Å². The Morgan fingerprint density at radius 3 is 2.31 bits per heavy atom. The Morgan fingerprint density at radius 2 is 1.88 bits per heavy atom. The maximum atomic E-state index is 12.1. The van der Waals surface area contributed by atoms with Crippen molar-refractivity contribution in [3.8, 4) is 0 Å². The molecule has 1 aromatic rings. The molecule has 0 radical (unpaired) electrons. The van der Waals surface area contributed by atoms with Crippen molar-refractivity contribution in [2.75, 3.05) is 5.73 Å². The van der Waals surface area contributed by atoms with Crippen LogP contribution in [0.25, 0.3) is 0 Å². The molecule has 0 saturated carbocycles. The van der Waals surface area contributed by atoms with Gasteiger partial charge in [0.2, 0.25) is 0 Å². The van der Waals surface area contributed by atoms with Crippen molar-refractivity contribution in [3.05, 3.63) is 11.4 Å². The van der Waals surface area contributed by atoms with Gasteiger partial charge in [-0.1, -0.05) is 13.8 Å². The van der Waals surface area contributed by atoms with Crippen LogP contribution in [0, 0.1) is 0 Å². The minimum Gasteiger partial charge on any atom is -0.396 e. The molecule has 0 bridgehead atoms. The highest BCUT2D eigenvalue weighted by atomic mass is 19.4. The zero-order chi connectivity index (χ0) is 12.3. The SMILES string of the molecule is CCc1nn(CCC(F)(F)F)c(CC)c1N. The zero-order valence-corrected chi connectivity index (χ0v) is 9.43. The summed E-state index contributed by atoms with van der Waals surface area (Å²) in [7, 11) is 0. The highest BCUT2D eigenvalue weighted by Gasteiger charge is 2.27. The Bertz CT molecular complexity index is 355. The summed E-state index contributed by atoms with van der Waals surface area (Å²) >= 11 is 0. The van der Waals surface area contributed by atoms with Crippen molar-refractivity contribution in [3.63, 3.8) is 0 Å². The molecule has 0 aliphatic heterocycles. The molecule has 0 unspecified atom stereocenters. The van der Waals surface area contributed by atoms with Gasteiger partial charge >= 0.3 is 6.18 Å². The van der Waals surface area contributed by atoms with Gasteiger partial charge < -0.3 is 5.73 Å². The molecule has 0 spiro atoms. The fourth-order valence-electron chi connectivity index (χ4n) is 1.62. The van der Waals surface area contributed by atoms with E-state index in [0.29, 0.717) is 29.9 Å². The monoisotopic (exact) mass is 235 g/mol. The summed E-state index contributed by atoms with van der Waals surface area (Å²) < 4.78 is 37.7. The van der Waals surface area contributed by atoms with E-state index < -0.39 is 12.6 Å². The molecule has 0 saturated heterocycles. The predicted molar refractivity (Wildman–Crippen MR) is 56.1 cm³/mol. The number of nitrogens with zero attached hydrogens (tertiary/aromatic N) is 2. The van der Waals surface area contributed by atoms with Crippen LogP contribution in [0.2, 0.25) is 0 Å². The van der Waals surface area contributed by atoms with Gasteiger partial charge in [0.1, 0.15) is 0 Å². The number of hydrogen-bond donors (Lipinski definition) is 1. The summed E-state index contributed by atoms with van der Waals surface area (Å²) in [6, 6.07) is 0. The number of aryl methyl sites for hydroxylation is 2. The first-order valence-electron chi connectivity index (χ1n) is 5.29. The molecule has 1 aromatic heterocycles. The quantitative estimate of drug-likeness (QED) is 0.871. The van der Waals surface area contributed by atoms with Gasteiger partial charge in [-0.05, 0) is 12.8 Å². The third kappa shape index (κ3) is 2.90. The molecule has 0 aliphatic carbocycles. The van der Waals surface area contributed by atoms with E-state index in [0.717, 1.165) is 0 Å². The Labute approximate surface area is 92.4 Å². The summed E-state index contributed by atoms with van der Waals surface area (Å²) in [5.41, 5.74) is 7.71. The van der Waals surface area contributed by atoms with E-state index in [9.17, 15) is 13.2 Å². The lowest BCUT2D eigenvalue weighted by Gasteiger charge is -2.08. The van der Waals surface area contributed by atoms with Crippen molar-refractivity contribution >= 4 is 5.69 Å². The lowest BCUT2D eigenvalue weighted by atomic mass is 10.2. The van der Waals surface area contributed by atoms with Crippen LogP contribution in [0.3, 0.4) is 0 Å². The van der Waals surface area contributed by atoms with E-state index in [1.54, 1.807) is 0 Å². The second-order valence-electron chi connectivity index (χ2n) is 3.60. The van der Waals surface area contributed by atoms with Crippen LogP contribution >= 0.6 is 0 Å². The number of nitrogens with two attached hydrogens (primary N) is 1. The van der Waals surface area contributed by atoms with Crippen molar-refractivity contribution in [1.29, 1.82) is 0 Å². The average Bonchev–Trinajstić information content (AvgIpc) is 2.50. The normalized spacial score (nSPS) is 12.1. The lowest BCUT2D eigenvalue weighted by Crippen LogP contribution is -2.14. The fourth-order valence-corrected chi connectivity index (χ4v) is 1.62. The fraction of sp³-hybridized carbons (Fsp3) is 0.700. The van der Waals surface area contributed by atoms with Crippen molar-refractivity contribution in [2.24, 2.45) is 0 Å². The standard InChI is InChI=1S/C10H16F3N3/c1-3-7-9(14)8(4-2)16(15-7)6-5-10(11,12)13/h3-6,14H2,1-2H3. The molecule has 0 fully saturated rings. The van der Waals surface area contributed by atoms with Gasteiger partial charge in [-0.25, -0.2) is 0 Å². The summed E-state index contributed by atoms with van der Waals surface area (Å²) in [5, 5.41) is 4.09. The van der Waals surface area contributed by atoms with Crippen LogP contribution in [-0.4, -0.2) is 16.0 Å². The van der Waals surface area contributed by atoms with Crippen LogP contribution < -0.4 is 5.73 Å². The summed E-state index contributed by atoms with van der Waals surface area (Å²) in [6.07, 6.45) is -3.79. The second-order valence-corrected chi connectivity index (χ2v) is 3.60. The zero-order valence-electron chi connectivity index (χ0n) is 9.43. The molecule has 0 amide bonds. The molecule has 3 nitrogen and oxygen atoms in total. The Balaban J connectivity index is 2.87. The van der Waals surface area contributed by atoms with E-state index in [-0.39, 0.29) is 6.54 Å². The van der Waals surface area contributed by atoms with E-state index in [1.165, 1.54) is 4.68 Å². The summed E-state index contributed by atoms with van der Waals surface area (Å²) in [6.45, 7) is 3.58. The van der Waals surface area contributed by atoms with Crippen LogP contribution in [0.1, 0.15) is 31.7 Å². The number of nitrogen functional groups attached to an aromatic ring is 1. The summed E-state index contributed by atoms with van der Waals surface area (Å²) in [4.78, 5) is 0. The third-order valence-electron chi connectivity index (χ3n) is 2.45. The Kier molecular flexibility index (Phi) is 3.83. The molecular weight excluding hydrogens is 219 g/mol. The molecule has 92 valence electrons. The predicted octanol–water partition coefficient (Wildman–Crippen LogP) is 2.54. The molecule has 6 heteroatoms. The van der Waals surface area contributed by atoms with Gasteiger partial charge in [-0.2, -0.15) is 18.3 Å². The van der Waals surface area contributed by atoms with E-state index in [4.69, 9.17) is 5.73 Å². The minimum atomic E-state index is -4.15. The first-order chi connectivity index (χ1) is 7.39. The molecular formula is C10H16F3N3. The van der Waals surface area contributed by atoms with Crippen LogP contribution in [0.5, 0.6) is 0 Å². The van der Waals surface area contributed by atoms with Gasteiger partial charge in [0, 0.05) is 6.54 Å². The second kappa shape index (κ2) is 4.76. The number of aromatic nitrogens is 2. The van der Waals surface area contributed by atoms with Crippen LogP contribution in [0.15, 0.2) is 0 Å². The molecule has 2 N–H and O–H groups in total.